The van der Waals surface area contributed by atoms with Crippen LogP contribution in [0.2, 0.25) is 0 Å². The van der Waals surface area contributed by atoms with Crippen LogP contribution in [-0.4, -0.2) is 44.1 Å². The Bertz CT molecular complexity index is 585. The van der Waals surface area contributed by atoms with Gasteiger partial charge < -0.3 is 15.6 Å². The van der Waals surface area contributed by atoms with Gasteiger partial charge in [0.2, 0.25) is 10.0 Å². The van der Waals surface area contributed by atoms with Crippen LogP contribution in [0.1, 0.15) is 25.8 Å². The number of hydrogen-bond donors (Lipinski definition) is 2. The highest BCUT2D eigenvalue weighted by molar-refractivity contribution is 7.89. The zero-order chi connectivity index (χ0) is 16.2. The number of benzene rings is 1. The number of nitrogen functional groups attached to an aromatic ring is 1. The van der Waals surface area contributed by atoms with Gasteiger partial charge in [-0.05, 0) is 44.9 Å². The molecule has 6 nitrogen and oxygen atoms in total. The number of sulfonamides is 1. The topological polar surface area (TPSA) is 92.9 Å². The lowest BCUT2D eigenvalue weighted by molar-refractivity contribution is 0.258. The molecule has 0 radical (unpaired) electrons. The van der Waals surface area contributed by atoms with Gasteiger partial charge in [-0.3, -0.25) is 0 Å². The largest absolute Gasteiger partial charge is 0.495 e. The molecule has 0 fully saturated rings. The quantitative estimate of drug-likeness (QED) is 0.741. The molecule has 120 valence electrons. The molecule has 0 spiro atoms. The zero-order valence-electron chi connectivity index (χ0n) is 13.0. The predicted octanol–water partition coefficient (Wildman–Crippen LogP) is 1.37. The molecular weight excluding hydrogens is 292 g/mol. The molecule has 0 atom stereocenters. The number of methoxy groups -OCH3 is 1. The molecule has 7 heteroatoms. The molecule has 0 amide bonds. The van der Waals surface area contributed by atoms with E-state index in [0.29, 0.717) is 12.1 Å². The van der Waals surface area contributed by atoms with Crippen molar-refractivity contribution in [2.75, 3.05) is 26.0 Å². The van der Waals surface area contributed by atoms with Gasteiger partial charge in [0.25, 0.3) is 0 Å². The Kier molecular flexibility index (Phi) is 6.00. The summed E-state index contributed by atoms with van der Waals surface area (Å²) >= 11 is 0. The lowest BCUT2D eigenvalue weighted by Gasteiger charge is -2.26. The van der Waals surface area contributed by atoms with Gasteiger partial charge in [-0.25, -0.2) is 8.42 Å². The summed E-state index contributed by atoms with van der Waals surface area (Å²) in [4.78, 5) is 0.0553. The number of aliphatic hydroxyl groups is 1. The fourth-order valence-corrected chi connectivity index (χ4v) is 3.90. The summed E-state index contributed by atoms with van der Waals surface area (Å²) in [5.74, 6) is 0.274. The highest BCUT2D eigenvalue weighted by atomic mass is 32.2. The van der Waals surface area contributed by atoms with Gasteiger partial charge in [0.05, 0.1) is 7.11 Å². The molecule has 0 unspecified atom stereocenters. The maximum absolute atomic E-state index is 12.8. The summed E-state index contributed by atoms with van der Waals surface area (Å²) in [6, 6.07) is 2.82. The first-order valence-electron chi connectivity index (χ1n) is 6.82. The fraction of sp³-hybridized carbons (Fsp3) is 0.571. The molecule has 0 aliphatic heterocycles. The predicted molar refractivity (Wildman–Crippen MR) is 82.9 cm³/mol. The number of rotatable bonds is 7. The molecule has 21 heavy (non-hydrogen) atoms. The number of nitrogens with zero attached hydrogens (tertiary/aromatic N) is 1. The van der Waals surface area contributed by atoms with E-state index in [1.807, 2.05) is 0 Å². The number of ether oxygens (including phenoxy) is 1. The second-order valence-electron chi connectivity index (χ2n) is 5.15. The molecule has 3 N–H and O–H groups in total. The monoisotopic (exact) mass is 316 g/mol. The maximum atomic E-state index is 12.8. The molecule has 0 saturated carbocycles. The van der Waals surface area contributed by atoms with E-state index in [0.717, 1.165) is 5.56 Å². The first-order valence-corrected chi connectivity index (χ1v) is 8.26. The van der Waals surface area contributed by atoms with Crippen LogP contribution in [0, 0.1) is 6.92 Å². The first-order chi connectivity index (χ1) is 9.75. The van der Waals surface area contributed by atoms with E-state index in [1.54, 1.807) is 26.8 Å². The Morgan fingerprint density at radius 2 is 2.00 bits per heavy atom. The fourth-order valence-electron chi connectivity index (χ4n) is 2.05. The Labute approximate surface area is 126 Å². The van der Waals surface area contributed by atoms with Crippen molar-refractivity contribution in [1.82, 2.24) is 4.31 Å². The summed E-state index contributed by atoms with van der Waals surface area (Å²) in [5, 5.41) is 8.95. The van der Waals surface area contributed by atoms with Gasteiger partial charge in [0, 0.05) is 24.9 Å². The average Bonchev–Trinajstić information content (AvgIpc) is 2.41. The van der Waals surface area contributed by atoms with Crippen LogP contribution in [0.15, 0.2) is 17.0 Å². The summed E-state index contributed by atoms with van der Waals surface area (Å²) in [7, 11) is -2.31. The van der Waals surface area contributed by atoms with Crippen molar-refractivity contribution in [2.24, 2.45) is 0 Å². The summed E-state index contributed by atoms with van der Waals surface area (Å²) in [6.07, 6.45) is 0.376. The second kappa shape index (κ2) is 7.11. The third kappa shape index (κ3) is 3.87. The Balaban J connectivity index is 3.37. The number of aliphatic hydroxyl groups excluding tert-OH is 1. The lowest BCUT2D eigenvalue weighted by atomic mass is 10.2. The normalized spacial score (nSPS) is 12.1. The molecule has 0 aliphatic carbocycles. The van der Waals surface area contributed by atoms with E-state index >= 15 is 0 Å². The Morgan fingerprint density at radius 3 is 2.48 bits per heavy atom. The minimum atomic E-state index is -3.74. The second-order valence-corrected chi connectivity index (χ2v) is 7.01. The SMILES string of the molecule is COc1cc(C)c(N)cc1S(=O)(=O)N(CCCO)C(C)C. The van der Waals surface area contributed by atoms with Crippen molar-refractivity contribution >= 4 is 15.7 Å². The van der Waals surface area contributed by atoms with Gasteiger partial charge in [0.1, 0.15) is 10.6 Å². The third-order valence-electron chi connectivity index (χ3n) is 3.25. The van der Waals surface area contributed by atoms with Crippen LogP contribution in [0.3, 0.4) is 0 Å². The average molecular weight is 316 g/mol. The van der Waals surface area contributed by atoms with E-state index in [-0.39, 0.29) is 29.8 Å². The van der Waals surface area contributed by atoms with Gasteiger partial charge in [-0.15, -0.1) is 0 Å². The molecule has 0 bridgehead atoms. The van der Waals surface area contributed by atoms with Crippen LogP contribution in [-0.2, 0) is 10.0 Å². The highest BCUT2D eigenvalue weighted by Gasteiger charge is 2.30. The minimum Gasteiger partial charge on any atom is -0.495 e. The first kappa shape index (κ1) is 17.7. The summed E-state index contributed by atoms with van der Waals surface area (Å²) < 4.78 is 32.2. The molecular formula is C14H24N2O4S. The van der Waals surface area contributed by atoms with Crippen molar-refractivity contribution in [2.45, 2.75) is 38.1 Å². The van der Waals surface area contributed by atoms with Crippen molar-refractivity contribution in [1.29, 1.82) is 0 Å². The van der Waals surface area contributed by atoms with Crippen molar-refractivity contribution < 1.29 is 18.3 Å². The van der Waals surface area contributed by atoms with Crippen molar-refractivity contribution in [3.8, 4) is 5.75 Å². The van der Waals surface area contributed by atoms with Gasteiger partial charge >= 0.3 is 0 Å². The van der Waals surface area contributed by atoms with Crippen LogP contribution >= 0.6 is 0 Å². The minimum absolute atomic E-state index is 0.0553. The van der Waals surface area contributed by atoms with Crippen LogP contribution in [0.25, 0.3) is 0 Å². The number of aryl methyl sites for hydroxylation is 1. The summed E-state index contributed by atoms with van der Waals surface area (Å²) in [6.45, 7) is 5.55. The number of anilines is 1. The highest BCUT2D eigenvalue weighted by Crippen LogP contribution is 2.31. The molecule has 1 rings (SSSR count). The van der Waals surface area contributed by atoms with E-state index in [4.69, 9.17) is 15.6 Å². The lowest BCUT2D eigenvalue weighted by Crippen LogP contribution is -2.38. The molecule has 0 aliphatic rings. The van der Waals surface area contributed by atoms with Gasteiger partial charge in [0.15, 0.2) is 0 Å². The summed E-state index contributed by atoms with van der Waals surface area (Å²) in [5.41, 5.74) is 7.00. The van der Waals surface area contributed by atoms with Gasteiger partial charge in [-0.2, -0.15) is 4.31 Å². The molecule has 1 aromatic rings. The zero-order valence-corrected chi connectivity index (χ0v) is 13.8. The molecule has 1 aromatic carbocycles. The van der Waals surface area contributed by atoms with Crippen LogP contribution < -0.4 is 10.5 Å². The van der Waals surface area contributed by atoms with E-state index in [2.05, 4.69) is 0 Å². The Morgan fingerprint density at radius 1 is 1.38 bits per heavy atom. The molecule has 0 saturated heterocycles. The van der Waals surface area contributed by atoms with Crippen molar-refractivity contribution in [3.05, 3.63) is 17.7 Å². The molecule has 0 aromatic heterocycles. The number of hydrogen-bond acceptors (Lipinski definition) is 5. The van der Waals surface area contributed by atoms with Crippen LogP contribution in [0.5, 0.6) is 5.75 Å². The third-order valence-corrected chi connectivity index (χ3v) is 5.35. The Hall–Kier alpha value is -1.31. The molecule has 0 heterocycles. The smallest absolute Gasteiger partial charge is 0.247 e. The standard InChI is InChI=1S/C14H24N2O4S/c1-10(2)16(6-5-7-17)21(18,19)14-9-12(15)11(3)8-13(14)20-4/h8-10,17H,5-7,15H2,1-4H3. The van der Waals surface area contributed by atoms with Crippen molar-refractivity contribution in [3.63, 3.8) is 0 Å². The van der Waals surface area contributed by atoms with Crippen LogP contribution in [0.4, 0.5) is 5.69 Å². The number of nitrogens with two attached hydrogens (primary N) is 1. The van der Waals surface area contributed by atoms with Gasteiger partial charge in [-0.1, -0.05) is 0 Å². The maximum Gasteiger partial charge on any atom is 0.247 e. The van der Waals surface area contributed by atoms with E-state index in [1.165, 1.54) is 17.5 Å². The van der Waals surface area contributed by atoms with E-state index in [9.17, 15) is 8.42 Å². The van der Waals surface area contributed by atoms with E-state index < -0.39 is 10.0 Å².